The molecule has 0 spiro atoms. The van der Waals surface area contributed by atoms with Crippen LogP contribution in [0.25, 0.3) is 0 Å². The van der Waals surface area contributed by atoms with Gasteiger partial charge in [0, 0.05) is 6.42 Å². The molecule has 2 nitrogen and oxygen atoms in total. The SMILES string of the molecule is CCCCCCCC(=O)Nc1ccccc1F. The van der Waals surface area contributed by atoms with Gasteiger partial charge in [-0.25, -0.2) is 4.39 Å². The van der Waals surface area contributed by atoms with Crippen molar-refractivity contribution in [3.05, 3.63) is 30.1 Å². The van der Waals surface area contributed by atoms with Crippen molar-refractivity contribution < 1.29 is 9.18 Å². The van der Waals surface area contributed by atoms with Crippen LogP contribution in [-0.2, 0) is 4.79 Å². The maximum absolute atomic E-state index is 13.2. The van der Waals surface area contributed by atoms with Crippen molar-refractivity contribution in [3.8, 4) is 0 Å². The summed E-state index contributed by atoms with van der Waals surface area (Å²) >= 11 is 0. The zero-order chi connectivity index (χ0) is 12.5. The highest BCUT2D eigenvalue weighted by Crippen LogP contribution is 2.13. The first kappa shape index (κ1) is 13.7. The molecule has 94 valence electrons. The molecule has 1 aromatic carbocycles. The molecule has 0 saturated heterocycles. The molecular weight excluding hydrogens is 217 g/mol. The summed E-state index contributed by atoms with van der Waals surface area (Å²) in [5, 5.41) is 2.59. The minimum Gasteiger partial charge on any atom is -0.324 e. The van der Waals surface area contributed by atoms with Gasteiger partial charge in [0.15, 0.2) is 0 Å². The van der Waals surface area contributed by atoms with Crippen LogP contribution in [0.3, 0.4) is 0 Å². The topological polar surface area (TPSA) is 29.1 Å². The largest absolute Gasteiger partial charge is 0.324 e. The second kappa shape index (κ2) is 7.82. The molecule has 0 heterocycles. The molecule has 1 amide bonds. The Kier molecular flexibility index (Phi) is 6.30. The zero-order valence-corrected chi connectivity index (χ0v) is 10.3. The first-order valence-electron chi connectivity index (χ1n) is 6.28. The molecule has 0 atom stereocenters. The average Bonchev–Trinajstić information content (AvgIpc) is 2.32. The second-order valence-corrected chi connectivity index (χ2v) is 4.19. The van der Waals surface area contributed by atoms with Gasteiger partial charge in [0.2, 0.25) is 5.91 Å². The standard InChI is InChI=1S/C14H20FNO/c1-2-3-4-5-6-11-14(17)16-13-10-8-7-9-12(13)15/h7-10H,2-6,11H2,1H3,(H,16,17). The summed E-state index contributed by atoms with van der Waals surface area (Å²) in [6, 6.07) is 6.23. The summed E-state index contributed by atoms with van der Waals surface area (Å²) in [4.78, 5) is 11.5. The number of carbonyl (C=O) groups excluding carboxylic acids is 1. The monoisotopic (exact) mass is 237 g/mol. The van der Waals surface area contributed by atoms with Gasteiger partial charge in [-0.2, -0.15) is 0 Å². The fourth-order valence-electron chi connectivity index (χ4n) is 1.66. The van der Waals surface area contributed by atoms with Gasteiger partial charge >= 0.3 is 0 Å². The number of unbranched alkanes of at least 4 members (excludes halogenated alkanes) is 4. The number of rotatable bonds is 7. The minimum atomic E-state index is -0.383. The fraction of sp³-hybridized carbons (Fsp3) is 0.500. The van der Waals surface area contributed by atoms with Gasteiger partial charge in [-0.1, -0.05) is 44.7 Å². The molecule has 0 bridgehead atoms. The van der Waals surface area contributed by atoms with Crippen molar-refractivity contribution in [3.63, 3.8) is 0 Å². The zero-order valence-electron chi connectivity index (χ0n) is 10.3. The van der Waals surface area contributed by atoms with Crippen LogP contribution >= 0.6 is 0 Å². The van der Waals surface area contributed by atoms with Gasteiger partial charge in [-0.3, -0.25) is 4.79 Å². The molecule has 0 aliphatic carbocycles. The Bertz CT molecular complexity index is 352. The third-order valence-electron chi connectivity index (χ3n) is 2.66. The molecule has 0 unspecified atom stereocenters. The first-order chi connectivity index (χ1) is 8.24. The van der Waals surface area contributed by atoms with Crippen LogP contribution in [0.15, 0.2) is 24.3 Å². The van der Waals surface area contributed by atoms with E-state index in [1.165, 1.54) is 25.3 Å². The predicted molar refractivity (Wildman–Crippen MR) is 68.4 cm³/mol. The van der Waals surface area contributed by atoms with Crippen LogP contribution in [0.1, 0.15) is 45.4 Å². The van der Waals surface area contributed by atoms with Gasteiger partial charge in [-0.05, 0) is 18.6 Å². The molecule has 0 saturated carbocycles. The van der Waals surface area contributed by atoms with Crippen molar-refractivity contribution in [2.75, 3.05) is 5.32 Å². The lowest BCUT2D eigenvalue weighted by atomic mass is 10.1. The lowest BCUT2D eigenvalue weighted by Crippen LogP contribution is -2.12. The van der Waals surface area contributed by atoms with Crippen LogP contribution in [0.4, 0.5) is 10.1 Å². The molecule has 0 aromatic heterocycles. The number of para-hydroxylation sites is 1. The molecule has 0 fully saturated rings. The fourth-order valence-corrected chi connectivity index (χ4v) is 1.66. The van der Waals surface area contributed by atoms with E-state index in [2.05, 4.69) is 12.2 Å². The summed E-state index contributed by atoms with van der Waals surface area (Å²) in [5.41, 5.74) is 0.269. The van der Waals surface area contributed by atoms with E-state index in [0.717, 1.165) is 12.8 Å². The Hall–Kier alpha value is -1.38. The summed E-state index contributed by atoms with van der Waals surface area (Å²) in [6.45, 7) is 2.16. The molecule has 0 aliphatic rings. The van der Waals surface area contributed by atoms with E-state index in [1.54, 1.807) is 18.2 Å². The van der Waals surface area contributed by atoms with E-state index in [4.69, 9.17) is 0 Å². The highest BCUT2D eigenvalue weighted by Gasteiger charge is 2.05. The van der Waals surface area contributed by atoms with Crippen molar-refractivity contribution >= 4 is 11.6 Å². The van der Waals surface area contributed by atoms with Crippen LogP contribution < -0.4 is 5.32 Å². The summed E-state index contributed by atoms with van der Waals surface area (Å²) in [5.74, 6) is -0.488. The number of benzene rings is 1. The molecule has 17 heavy (non-hydrogen) atoms. The quantitative estimate of drug-likeness (QED) is 0.710. The highest BCUT2D eigenvalue weighted by atomic mass is 19.1. The van der Waals surface area contributed by atoms with E-state index in [1.807, 2.05) is 0 Å². The Morgan fingerprint density at radius 3 is 2.59 bits per heavy atom. The van der Waals surface area contributed by atoms with Gasteiger partial charge in [0.25, 0.3) is 0 Å². The molecule has 1 rings (SSSR count). The number of hydrogen-bond donors (Lipinski definition) is 1. The Morgan fingerprint density at radius 1 is 1.18 bits per heavy atom. The highest BCUT2D eigenvalue weighted by molar-refractivity contribution is 5.90. The van der Waals surface area contributed by atoms with Crippen molar-refractivity contribution in [1.29, 1.82) is 0 Å². The van der Waals surface area contributed by atoms with Crippen LogP contribution in [0, 0.1) is 5.82 Å². The molecule has 3 heteroatoms. The number of hydrogen-bond acceptors (Lipinski definition) is 1. The Labute approximate surface area is 102 Å². The normalized spacial score (nSPS) is 10.2. The van der Waals surface area contributed by atoms with Crippen LogP contribution in [0.5, 0.6) is 0 Å². The van der Waals surface area contributed by atoms with Gasteiger partial charge in [-0.15, -0.1) is 0 Å². The average molecular weight is 237 g/mol. The predicted octanol–water partition coefficient (Wildman–Crippen LogP) is 4.12. The Balaban J connectivity index is 2.23. The second-order valence-electron chi connectivity index (χ2n) is 4.19. The Morgan fingerprint density at radius 2 is 1.88 bits per heavy atom. The van der Waals surface area contributed by atoms with Crippen LogP contribution in [0.2, 0.25) is 0 Å². The van der Waals surface area contributed by atoms with Crippen LogP contribution in [-0.4, -0.2) is 5.91 Å². The van der Waals surface area contributed by atoms with Crippen molar-refractivity contribution in [2.24, 2.45) is 0 Å². The lowest BCUT2D eigenvalue weighted by molar-refractivity contribution is -0.116. The van der Waals surface area contributed by atoms with E-state index < -0.39 is 0 Å². The van der Waals surface area contributed by atoms with Gasteiger partial charge < -0.3 is 5.32 Å². The molecule has 1 N–H and O–H groups in total. The first-order valence-corrected chi connectivity index (χ1v) is 6.28. The number of amides is 1. The number of anilines is 1. The molecule has 0 aliphatic heterocycles. The number of halogens is 1. The van der Waals surface area contributed by atoms with Crippen molar-refractivity contribution in [1.82, 2.24) is 0 Å². The smallest absolute Gasteiger partial charge is 0.224 e. The maximum atomic E-state index is 13.2. The third-order valence-corrected chi connectivity index (χ3v) is 2.66. The third kappa shape index (κ3) is 5.48. The maximum Gasteiger partial charge on any atom is 0.224 e. The minimum absolute atomic E-state index is 0.105. The molecular formula is C14H20FNO. The van der Waals surface area contributed by atoms with Crippen molar-refractivity contribution in [2.45, 2.75) is 45.4 Å². The summed E-state index contributed by atoms with van der Waals surface area (Å²) < 4.78 is 13.2. The van der Waals surface area contributed by atoms with E-state index in [-0.39, 0.29) is 17.4 Å². The van der Waals surface area contributed by atoms with E-state index >= 15 is 0 Å². The summed E-state index contributed by atoms with van der Waals surface area (Å²) in [6.07, 6.45) is 6.00. The summed E-state index contributed by atoms with van der Waals surface area (Å²) in [7, 11) is 0. The molecule has 1 aromatic rings. The lowest BCUT2D eigenvalue weighted by Gasteiger charge is -2.05. The van der Waals surface area contributed by atoms with E-state index in [9.17, 15) is 9.18 Å². The number of nitrogens with one attached hydrogen (secondary N) is 1. The van der Waals surface area contributed by atoms with Gasteiger partial charge in [0.05, 0.1) is 5.69 Å². The molecule has 0 radical (unpaired) electrons. The number of carbonyl (C=O) groups is 1. The van der Waals surface area contributed by atoms with E-state index in [0.29, 0.717) is 6.42 Å². The van der Waals surface area contributed by atoms with Gasteiger partial charge in [0.1, 0.15) is 5.82 Å².